The molecule has 0 spiro atoms. The smallest absolute Gasteiger partial charge is 0.265 e. The number of benzene rings is 2. The van der Waals surface area contributed by atoms with Gasteiger partial charge in [-0.15, -0.1) is 0 Å². The van der Waals surface area contributed by atoms with Crippen molar-refractivity contribution in [3.8, 4) is 11.5 Å². The van der Waals surface area contributed by atoms with Gasteiger partial charge in [0.2, 0.25) is 0 Å². The van der Waals surface area contributed by atoms with Crippen molar-refractivity contribution in [1.29, 1.82) is 0 Å². The molecular weight excluding hydrogens is 290 g/mol. The van der Waals surface area contributed by atoms with Crippen LogP contribution in [-0.4, -0.2) is 18.6 Å². The van der Waals surface area contributed by atoms with Gasteiger partial charge in [-0.05, 0) is 63.6 Å². The monoisotopic (exact) mass is 313 g/mol. The fourth-order valence-corrected chi connectivity index (χ4v) is 2.22. The van der Waals surface area contributed by atoms with E-state index in [0.29, 0.717) is 6.61 Å². The third-order valence-corrected chi connectivity index (χ3v) is 3.44. The largest absolute Gasteiger partial charge is 0.494 e. The lowest BCUT2D eigenvalue weighted by atomic mass is 10.1. The Morgan fingerprint density at radius 2 is 1.83 bits per heavy atom. The van der Waals surface area contributed by atoms with Gasteiger partial charge >= 0.3 is 0 Å². The summed E-state index contributed by atoms with van der Waals surface area (Å²) in [5, 5.41) is 2.84. The summed E-state index contributed by atoms with van der Waals surface area (Å²) in [5.41, 5.74) is 2.90. The van der Waals surface area contributed by atoms with E-state index in [-0.39, 0.29) is 5.91 Å². The maximum Gasteiger partial charge on any atom is 0.265 e. The molecule has 0 saturated heterocycles. The second-order valence-electron chi connectivity index (χ2n) is 5.48. The van der Waals surface area contributed by atoms with E-state index in [1.807, 2.05) is 63.2 Å². The van der Waals surface area contributed by atoms with Crippen molar-refractivity contribution in [3.05, 3.63) is 53.6 Å². The quantitative estimate of drug-likeness (QED) is 0.873. The second kappa shape index (κ2) is 7.68. The molecule has 122 valence electrons. The van der Waals surface area contributed by atoms with Crippen LogP contribution in [0.15, 0.2) is 42.5 Å². The zero-order valence-corrected chi connectivity index (χ0v) is 14.1. The first kappa shape index (κ1) is 16.9. The van der Waals surface area contributed by atoms with Gasteiger partial charge in [-0.2, -0.15) is 0 Å². The van der Waals surface area contributed by atoms with Crippen molar-refractivity contribution in [1.82, 2.24) is 0 Å². The van der Waals surface area contributed by atoms with Crippen LogP contribution in [0, 0.1) is 13.8 Å². The molecule has 23 heavy (non-hydrogen) atoms. The van der Waals surface area contributed by atoms with Crippen LogP contribution in [0.4, 0.5) is 5.69 Å². The lowest BCUT2D eigenvalue weighted by Gasteiger charge is -2.16. The van der Waals surface area contributed by atoms with Gasteiger partial charge in [0.25, 0.3) is 5.91 Å². The molecule has 0 aliphatic rings. The van der Waals surface area contributed by atoms with E-state index in [0.717, 1.165) is 22.7 Å². The van der Waals surface area contributed by atoms with Crippen LogP contribution in [0.5, 0.6) is 11.5 Å². The number of ether oxygens (including phenoxy) is 2. The van der Waals surface area contributed by atoms with Gasteiger partial charge in [-0.3, -0.25) is 4.79 Å². The van der Waals surface area contributed by atoms with Crippen LogP contribution in [0.25, 0.3) is 0 Å². The van der Waals surface area contributed by atoms with E-state index in [1.165, 1.54) is 5.56 Å². The number of anilines is 1. The van der Waals surface area contributed by atoms with Crippen molar-refractivity contribution < 1.29 is 14.3 Å². The summed E-state index contributed by atoms with van der Waals surface area (Å²) in [6, 6.07) is 13.2. The van der Waals surface area contributed by atoms with Crippen LogP contribution < -0.4 is 14.8 Å². The molecule has 0 bridgehead atoms. The molecule has 0 aliphatic carbocycles. The molecule has 2 aromatic rings. The Labute approximate surface area is 137 Å². The molecule has 1 N–H and O–H groups in total. The van der Waals surface area contributed by atoms with Gasteiger partial charge in [0, 0.05) is 5.69 Å². The fourth-order valence-electron chi connectivity index (χ4n) is 2.22. The maximum absolute atomic E-state index is 12.2. The van der Waals surface area contributed by atoms with E-state index < -0.39 is 6.10 Å². The minimum Gasteiger partial charge on any atom is -0.494 e. The molecule has 2 rings (SSSR count). The van der Waals surface area contributed by atoms with E-state index in [2.05, 4.69) is 5.32 Å². The first-order chi connectivity index (χ1) is 11.0. The van der Waals surface area contributed by atoms with E-state index in [9.17, 15) is 4.79 Å². The van der Waals surface area contributed by atoms with Crippen molar-refractivity contribution in [2.75, 3.05) is 11.9 Å². The number of nitrogens with one attached hydrogen (secondary N) is 1. The van der Waals surface area contributed by atoms with Gasteiger partial charge in [-0.25, -0.2) is 0 Å². The fraction of sp³-hybridized carbons (Fsp3) is 0.316. The predicted octanol–water partition coefficient (Wildman–Crippen LogP) is 4.11. The summed E-state index contributed by atoms with van der Waals surface area (Å²) >= 11 is 0. The zero-order valence-electron chi connectivity index (χ0n) is 14.1. The van der Waals surface area contributed by atoms with Crippen LogP contribution in [-0.2, 0) is 4.79 Å². The maximum atomic E-state index is 12.2. The molecule has 4 heteroatoms. The molecule has 0 aromatic heterocycles. The number of aryl methyl sites for hydroxylation is 2. The van der Waals surface area contributed by atoms with Gasteiger partial charge in [0.1, 0.15) is 11.5 Å². The molecule has 1 amide bonds. The summed E-state index contributed by atoms with van der Waals surface area (Å²) in [4.78, 5) is 12.2. The minimum atomic E-state index is -0.581. The number of amides is 1. The topological polar surface area (TPSA) is 47.6 Å². The summed E-state index contributed by atoms with van der Waals surface area (Å²) in [7, 11) is 0. The molecule has 0 radical (unpaired) electrons. The van der Waals surface area contributed by atoms with Gasteiger partial charge in [0.05, 0.1) is 6.61 Å². The van der Waals surface area contributed by atoms with Crippen LogP contribution in [0.1, 0.15) is 25.0 Å². The standard InChI is InChI=1S/C19H23NO3/c1-5-22-17-9-7-16(8-10-17)20-19(21)15(4)23-18-11-6-13(2)12-14(18)3/h6-12,15H,5H2,1-4H3,(H,20,21). The summed E-state index contributed by atoms with van der Waals surface area (Å²) in [5.74, 6) is 1.32. The molecule has 0 fully saturated rings. The highest BCUT2D eigenvalue weighted by atomic mass is 16.5. The van der Waals surface area contributed by atoms with Gasteiger partial charge in [-0.1, -0.05) is 17.7 Å². The highest BCUT2D eigenvalue weighted by Gasteiger charge is 2.16. The highest BCUT2D eigenvalue weighted by molar-refractivity contribution is 5.94. The van der Waals surface area contributed by atoms with Crippen molar-refractivity contribution >= 4 is 11.6 Å². The Bertz CT molecular complexity index is 665. The van der Waals surface area contributed by atoms with E-state index in [4.69, 9.17) is 9.47 Å². The van der Waals surface area contributed by atoms with Crippen molar-refractivity contribution in [3.63, 3.8) is 0 Å². The lowest BCUT2D eigenvalue weighted by molar-refractivity contribution is -0.122. The van der Waals surface area contributed by atoms with Gasteiger partial charge < -0.3 is 14.8 Å². The number of hydrogen-bond donors (Lipinski definition) is 1. The normalized spacial score (nSPS) is 11.7. The lowest BCUT2D eigenvalue weighted by Crippen LogP contribution is -2.30. The van der Waals surface area contributed by atoms with E-state index in [1.54, 1.807) is 6.92 Å². The first-order valence-corrected chi connectivity index (χ1v) is 7.77. The van der Waals surface area contributed by atoms with Crippen LogP contribution >= 0.6 is 0 Å². The molecule has 1 atom stereocenters. The Kier molecular flexibility index (Phi) is 5.63. The number of hydrogen-bond acceptors (Lipinski definition) is 3. The Balaban J connectivity index is 1.96. The molecule has 1 unspecified atom stereocenters. The highest BCUT2D eigenvalue weighted by Crippen LogP contribution is 2.21. The third-order valence-electron chi connectivity index (χ3n) is 3.44. The molecular formula is C19H23NO3. The minimum absolute atomic E-state index is 0.186. The Morgan fingerprint density at radius 3 is 2.43 bits per heavy atom. The second-order valence-corrected chi connectivity index (χ2v) is 5.48. The molecule has 0 saturated carbocycles. The first-order valence-electron chi connectivity index (χ1n) is 7.77. The SMILES string of the molecule is CCOc1ccc(NC(=O)C(C)Oc2ccc(C)cc2C)cc1. The molecule has 2 aromatic carbocycles. The number of carbonyl (C=O) groups excluding carboxylic acids is 1. The van der Waals surface area contributed by atoms with E-state index >= 15 is 0 Å². The van der Waals surface area contributed by atoms with Gasteiger partial charge in [0.15, 0.2) is 6.10 Å². The number of carbonyl (C=O) groups is 1. The summed E-state index contributed by atoms with van der Waals surface area (Å²) < 4.78 is 11.1. The zero-order chi connectivity index (χ0) is 16.8. The Morgan fingerprint density at radius 1 is 1.13 bits per heavy atom. The van der Waals surface area contributed by atoms with Crippen molar-refractivity contribution in [2.45, 2.75) is 33.8 Å². The average molecular weight is 313 g/mol. The van der Waals surface area contributed by atoms with Crippen LogP contribution in [0.2, 0.25) is 0 Å². The third kappa shape index (κ3) is 4.74. The predicted molar refractivity (Wildman–Crippen MR) is 92.2 cm³/mol. The Hall–Kier alpha value is -2.49. The van der Waals surface area contributed by atoms with Crippen LogP contribution in [0.3, 0.4) is 0 Å². The molecule has 4 nitrogen and oxygen atoms in total. The van der Waals surface area contributed by atoms with Crippen molar-refractivity contribution in [2.24, 2.45) is 0 Å². The number of rotatable bonds is 6. The summed E-state index contributed by atoms with van der Waals surface area (Å²) in [6.45, 7) is 8.29. The summed E-state index contributed by atoms with van der Waals surface area (Å²) in [6.07, 6.45) is -0.581. The molecule has 0 aliphatic heterocycles. The molecule has 0 heterocycles. The average Bonchev–Trinajstić information content (AvgIpc) is 2.52.